The van der Waals surface area contributed by atoms with Crippen LogP contribution in [0.2, 0.25) is 0 Å². The van der Waals surface area contributed by atoms with Crippen LogP contribution >= 0.6 is 0 Å². The zero-order chi connectivity index (χ0) is 14.5. The smallest absolute Gasteiger partial charge is 0.229 e. The molecule has 6 heteroatoms. The molecular weight excluding hydrogens is 258 g/mol. The molecule has 1 fully saturated rings. The maximum atomic E-state index is 11.8. The molecule has 1 aliphatic rings. The monoisotopic (exact) mass is 281 g/mol. The van der Waals surface area contributed by atoms with Crippen LogP contribution in [0.4, 0.5) is 0 Å². The van der Waals surface area contributed by atoms with E-state index in [1.165, 1.54) is 12.8 Å². The Kier molecular flexibility index (Phi) is 5.11. The van der Waals surface area contributed by atoms with Crippen LogP contribution in [0.1, 0.15) is 51.2 Å². The fourth-order valence-electron chi connectivity index (χ4n) is 2.35. The zero-order valence-electron chi connectivity index (χ0n) is 12.1. The number of carbonyl (C=O) groups is 1. The maximum Gasteiger partial charge on any atom is 0.229 e. The van der Waals surface area contributed by atoms with Gasteiger partial charge >= 0.3 is 0 Å². The van der Waals surface area contributed by atoms with Gasteiger partial charge in [-0.2, -0.15) is 4.98 Å². The average Bonchev–Trinajstić information content (AvgIpc) is 3.01. The number of aromatic nitrogens is 2. The molecule has 1 heterocycles. The van der Waals surface area contributed by atoms with E-state index < -0.39 is 6.10 Å². The number of rotatable bonds is 6. The van der Waals surface area contributed by atoms with Gasteiger partial charge in [0, 0.05) is 6.04 Å². The SMILES string of the molecule is CC(C)[C@@H](O)Cc1nc(CC(=O)NC2CCCC2)no1. The first kappa shape index (κ1) is 15.0. The number of aliphatic hydroxyl groups excluding tert-OH is 1. The van der Waals surface area contributed by atoms with Crippen LogP contribution in [0.15, 0.2) is 4.52 Å². The number of carbonyl (C=O) groups excluding carboxylic acids is 1. The summed E-state index contributed by atoms with van der Waals surface area (Å²) < 4.78 is 5.06. The molecule has 6 nitrogen and oxygen atoms in total. The second kappa shape index (κ2) is 6.83. The summed E-state index contributed by atoms with van der Waals surface area (Å²) in [4.78, 5) is 16.0. The van der Waals surface area contributed by atoms with Gasteiger partial charge in [-0.05, 0) is 18.8 Å². The van der Waals surface area contributed by atoms with Crippen molar-refractivity contribution in [1.82, 2.24) is 15.5 Å². The van der Waals surface area contributed by atoms with Gasteiger partial charge in [0.05, 0.1) is 18.9 Å². The highest BCUT2D eigenvalue weighted by Gasteiger charge is 2.19. The van der Waals surface area contributed by atoms with Crippen molar-refractivity contribution < 1.29 is 14.4 Å². The molecule has 1 atom stereocenters. The second-order valence-electron chi connectivity index (χ2n) is 5.85. The lowest BCUT2D eigenvalue weighted by atomic mass is 10.0. The molecule has 0 saturated heterocycles. The van der Waals surface area contributed by atoms with Crippen LogP contribution in [0, 0.1) is 5.92 Å². The molecule has 1 aromatic rings. The minimum atomic E-state index is -0.504. The van der Waals surface area contributed by atoms with Crippen LogP contribution in [-0.4, -0.2) is 33.3 Å². The molecular formula is C14H23N3O3. The molecule has 0 aromatic carbocycles. The fraction of sp³-hybridized carbons (Fsp3) is 0.786. The number of nitrogens with zero attached hydrogens (tertiary/aromatic N) is 2. The lowest BCUT2D eigenvalue weighted by Crippen LogP contribution is -2.33. The number of hydrogen-bond donors (Lipinski definition) is 2. The highest BCUT2D eigenvalue weighted by Crippen LogP contribution is 2.17. The summed E-state index contributed by atoms with van der Waals surface area (Å²) in [6, 6.07) is 0.302. The molecule has 1 amide bonds. The fourth-order valence-corrected chi connectivity index (χ4v) is 2.35. The first-order valence-electron chi connectivity index (χ1n) is 7.33. The molecule has 1 aromatic heterocycles. The van der Waals surface area contributed by atoms with Crippen molar-refractivity contribution in [3.8, 4) is 0 Å². The van der Waals surface area contributed by atoms with Crippen molar-refractivity contribution in [2.24, 2.45) is 5.92 Å². The summed E-state index contributed by atoms with van der Waals surface area (Å²) in [5, 5.41) is 16.5. The Bertz CT molecular complexity index is 439. The summed E-state index contributed by atoms with van der Waals surface area (Å²) in [7, 11) is 0. The van der Waals surface area contributed by atoms with E-state index in [0.717, 1.165) is 12.8 Å². The molecule has 1 saturated carbocycles. The van der Waals surface area contributed by atoms with Gasteiger partial charge in [0.15, 0.2) is 5.82 Å². The van der Waals surface area contributed by atoms with E-state index in [1.54, 1.807) is 0 Å². The normalized spacial score (nSPS) is 17.6. The van der Waals surface area contributed by atoms with Gasteiger partial charge in [-0.25, -0.2) is 0 Å². The predicted molar refractivity (Wildman–Crippen MR) is 72.9 cm³/mol. The van der Waals surface area contributed by atoms with Crippen molar-refractivity contribution >= 4 is 5.91 Å². The lowest BCUT2D eigenvalue weighted by molar-refractivity contribution is -0.121. The highest BCUT2D eigenvalue weighted by molar-refractivity contribution is 5.78. The van der Waals surface area contributed by atoms with Crippen molar-refractivity contribution in [3.63, 3.8) is 0 Å². The first-order valence-corrected chi connectivity index (χ1v) is 7.33. The quantitative estimate of drug-likeness (QED) is 0.818. The number of nitrogens with one attached hydrogen (secondary N) is 1. The van der Waals surface area contributed by atoms with Gasteiger partial charge in [0.2, 0.25) is 11.8 Å². The van der Waals surface area contributed by atoms with E-state index in [-0.39, 0.29) is 18.2 Å². The standard InChI is InChI=1S/C14H23N3O3/c1-9(2)11(18)7-14-16-12(17-20-14)8-13(19)15-10-5-3-4-6-10/h9-11,18H,3-8H2,1-2H3,(H,15,19)/t11-/m0/s1. The van der Waals surface area contributed by atoms with Gasteiger partial charge in [0.1, 0.15) is 0 Å². The third-order valence-corrected chi connectivity index (χ3v) is 3.70. The summed E-state index contributed by atoms with van der Waals surface area (Å²) in [5.74, 6) is 0.839. The van der Waals surface area contributed by atoms with Gasteiger partial charge in [-0.15, -0.1) is 0 Å². The third kappa shape index (κ3) is 4.30. The second-order valence-corrected chi connectivity index (χ2v) is 5.85. The molecule has 20 heavy (non-hydrogen) atoms. The van der Waals surface area contributed by atoms with Crippen LogP contribution in [0.3, 0.4) is 0 Å². The molecule has 2 N–H and O–H groups in total. The molecule has 0 aliphatic heterocycles. The zero-order valence-corrected chi connectivity index (χ0v) is 12.1. The van der Waals surface area contributed by atoms with Gasteiger partial charge < -0.3 is 14.9 Å². The van der Waals surface area contributed by atoms with Crippen molar-refractivity contribution in [1.29, 1.82) is 0 Å². The highest BCUT2D eigenvalue weighted by atomic mass is 16.5. The molecule has 0 spiro atoms. The van der Waals surface area contributed by atoms with Gasteiger partial charge in [-0.1, -0.05) is 31.8 Å². The summed E-state index contributed by atoms with van der Waals surface area (Å²) in [5.41, 5.74) is 0. The summed E-state index contributed by atoms with van der Waals surface area (Å²) in [6.45, 7) is 3.86. The average molecular weight is 281 g/mol. The van der Waals surface area contributed by atoms with Gasteiger partial charge in [-0.3, -0.25) is 4.79 Å². The van der Waals surface area contributed by atoms with Crippen molar-refractivity contribution in [2.75, 3.05) is 0 Å². The Morgan fingerprint density at radius 2 is 2.15 bits per heavy atom. The topological polar surface area (TPSA) is 88.3 Å². The lowest BCUT2D eigenvalue weighted by Gasteiger charge is -2.10. The van der Waals surface area contributed by atoms with Crippen LogP contribution in [0.5, 0.6) is 0 Å². The van der Waals surface area contributed by atoms with Crippen molar-refractivity contribution in [2.45, 2.75) is 64.5 Å². The van der Waals surface area contributed by atoms with Gasteiger partial charge in [0.25, 0.3) is 0 Å². The van der Waals surface area contributed by atoms with E-state index in [1.807, 2.05) is 13.8 Å². The Balaban J connectivity index is 1.81. The molecule has 0 radical (unpaired) electrons. The minimum absolute atomic E-state index is 0.0614. The molecule has 1 aliphatic carbocycles. The van der Waals surface area contributed by atoms with E-state index in [4.69, 9.17) is 4.52 Å². The minimum Gasteiger partial charge on any atom is -0.392 e. The predicted octanol–water partition coefficient (Wildman–Crippen LogP) is 1.23. The Hall–Kier alpha value is -1.43. The molecule has 112 valence electrons. The van der Waals surface area contributed by atoms with Crippen LogP contribution < -0.4 is 5.32 Å². The number of aliphatic hydroxyl groups is 1. The van der Waals surface area contributed by atoms with Crippen LogP contribution in [0.25, 0.3) is 0 Å². The Labute approximate surface area is 118 Å². The van der Waals surface area contributed by atoms with E-state index >= 15 is 0 Å². The Morgan fingerprint density at radius 3 is 2.80 bits per heavy atom. The van der Waals surface area contributed by atoms with Crippen LogP contribution in [-0.2, 0) is 17.6 Å². The molecule has 2 rings (SSSR count). The largest absolute Gasteiger partial charge is 0.392 e. The first-order chi connectivity index (χ1) is 9.54. The van der Waals surface area contributed by atoms with E-state index in [9.17, 15) is 9.90 Å². The summed E-state index contributed by atoms with van der Waals surface area (Å²) in [6.07, 6.45) is 4.45. The number of amides is 1. The molecule has 0 unspecified atom stereocenters. The number of hydrogen-bond acceptors (Lipinski definition) is 5. The van der Waals surface area contributed by atoms with Crippen molar-refractivity contribution in [3.05, 3.63) is 11.7 Å². The molecule has 0 bridgehead atoms. The maximum absolute atomic E-state index is 11.8. The Morgan fingerprint density at radius 1 is 1.45 bits per heavy atom. The van der Waals surface area contributed by atoms with E-state index in [2.05, 4.69) is 15.5 Å². The third-order valence-electron chi connectivity index (χ3n) is 3.70. The summed E-state index contributed by atoms with van der Waals surface area (Å²) >= 11 is 0. The van der Waals surface area contributed by atoms with E-state index in [0.29, 0.717) is 24.2 Å².